The molecule has 3 nitrogen and oxygen atoms in total. The van der Waals surface area contributed by atoms with E-state index in [0.717, 1.165) is 11.4 Å². The summed E-state index contributed by atoms with van der Waals surface area (Å²) >= 11 is 0. The van der Waals surface area contributed by atoms with E-state index in [0.29, 0.717) is 12.3 Å². The monoisotopic (exact) mass is 192 g/mol. The summed E-state index contributed by atoms with van der Waals surface area (Å²) < 4.78 is 0. The van der Waals surface area contributed by atoms with Gasteiger partial charge in [-0.3, -0.25) is 4.79 Å². The van der Waals surface area contributed by atoms with E-state index in [-0.39, 0.29) is 0 Å². The van der Waals surface area contributed by atoms with Crippen LogP contribution in [0.25, 0.3) is 0 Å². The molecular formula is C11H16N2O. The van der Waals surface area contributed by atoms with E-state index in [1.54, 1.807) is 0 Å². The summed E-state index contributed by atoms with van der Waals surface area (Å²) in [5.41, 5.74) is 3.01. The first-order valence-corrected chi connectivity index (χ1v) is 4.71. The lowest BCUT2D eigenvalue weighted by Crippen LogP contribution is -2.00. The van der Waals surface area contributed by atoms with Crippen molar-refractivity contribution >= 4 is 17.8 Å². The Morgan fingerprint density at radius 2 is 2.00 bits per heavy atom. The van der Waals surface area contributed by atoms with Crippen LogP contribution >= 0.6 is 0 Å². The zero-order valence-electron chi connectivity index (χ0n) is 8.79. The van der Waals surface area contributed by atoms with Crippen molar-refractivity contribution in [3.63, 3.8) is 0 Å². The molecule has 0 saturated heterocycles. The maximum Gasteiger partial charge on any atom is 0.211 e. The minimum Gasteiger partial charge on any atom is -0.386 e. The van der Waals surface area contributed by atoms with Gasteiger partial charge in [0, 0.05) is 7.05 Å². The first kappa shape index (κ1) is 10.6. The van der Waals surface area contributed by atoms with Crippen LogP contribution in [-0.4, -0.2) is 13.5 Å². The number of carbonyl (C=O) groups is 1. The Morgan fingerprint density at radius 1 is 1.29 bits per heavy atom. The fraction of sp³-hybridized carbons (Fsp3) is 0.364. The molecule has 0 aliphatic carbocycles. The third-order valence-corrected chi connectivity index (χ3v) is 2.19. The Labute approximate surface area is 84.5 Å². The maximum absolute atomic E-state index is 10.3. The second-order valence-electron chi connectivity index (χ2n) is 3.47. The normalized spacial score (nSPS) is 10.0. The third kappa shape index (κ3) is 2.25. The van der Waals surface area contributed by atoms with Crippen molar-refractivity contribution in [2.75, 3.05) is 17.7 Å². The van der Waals surface area contributed by atoms with E-state index in [4.69, 9.17) is 0 Å². The highest BCUT2D eigenvalue weighted by Crippen LogP contribution is 2.25. The number of anilines is 2. The van der Waals surface area contributed by atoms with E-state index in [9.17, 15) is 4.79 Å². The summed E-state index contributed by atoms with van der Waals surface area (Å²) in [5, 5.41) is 5.70. The SMILES string of the molecule is CNc1cc(C(C)C)ccc1NC=O. The Kier molecular flexibility index (Phi) is 3.51. The zero-order chi connectivity index (χ0) is 10.6. The molecule has 0 heterocycles. The van der Waals surface area contributed by atoms with Crippen LogP contribution in [-0.2, 0) is 4.79 Å². The van der Waals surface area contributed by atoms with E-state index in [1.165, 1.54) is 5.56 Å². The Bertz CT molecular complexity index is 321. The van der Waals surface area contributed by atoms with E-state index < -0.39 is 0 Å². The molecule has 0 radical (unpaired) electrons. The quantitative estimate of drug-likeness (QED) is 0.719. The van der Waals surface area contributed by atoms with Gasteiger partial charge in [0.2, 0.25) is 6.41 Å². The molecule has 0 aromatic heterocycles. The molecule has 0 aliphatic rings. The smallest absolute Gasteiger partial charge is 0.211 e. The number of rotatable bonds is 4. The average Bonchev–Trinajstić information content (AvgIpc) is 2.18. The molecule has 14 heavy (non-hydrogen) atoms. The number of benzene rings is 1. The van der Waals surface area contributed by atoms with E-state index >= 15 is 0 Å². The summed E-state index contributed by atoms with van der Waals surface area (Å²) in [6, 6.07) is 5.99. The maximum atomic E-state index is 10.3. The van der Waals surface area contributed by atoms with Gasteiger partial charge in [-0.05, 0) is 23.6 Å². The van der Waals surface area contributed by atoms with E-state index in [2.05, 4.69) is 30.5 Å². The van der Waals surface area contributed by atoms with Crippen molar-refractivity contribution in [3.05, 3.63) is 23.8 Å². The van der Waals surface area contributed by atoms with Crippen LogP contribution in [0.5, 0.6) is 0 Å². The number of hydrogen-bond donors (Lipinski definition) is 2. The van der Waals surface area contributed by atoms with Crippen LogP contribution in [0, 0.1) is 0 Å². The molecule has 0 atom stereocenters. The Hall–Kier alpha value is -1.51. The summed E-state index contributed by atoms with van der Waals surface area (Å²) in [7, 11) is 1.84. The number of carbonyl (C=O) groups excluding carboxylic acids is 1. The second kappa shape index (κ2) is 4.65. The fourth-order valence-electron chi connectivity index (χ4n) is 1.32. The first-order chi connectivity index (χ1) is 6.69. The van der Waals surface area contributed by atoms with Crippen molar-refractivity contribution in [3.8, 4) is 0 Å². The zero-order valence-corrected chi connectivity index (χ0v) is 8.79. The van der Waals surface area contributed by atoms with Crippen molar-refractivity contribution < 1.29 is 4.79 Å². The lowest BCUT2D eigenvalue weighted by molar-refractivity contribution is -0.105. The van der Waals surface area contributed by atoms with Gasteiger partial charge in [-0.25, -0.2) is 0 Å². The van der Waals surface area contributed by atoms with Crippen LogP contribution in [0.4, 0.5) is 11.4 Å². The molecule has 0 unspecified atom stereocenters. The minimum atomic E-state index is 0.493. The third-order valence-electron chi connectivity index (χ3n) is 2.19. The molecule has 0 bridgehead atoms. The molecule has 1 rings (SSSR count). The summed E-state index contributed by atoms with van der Waals surface area (Å²) in [6.07, 6.45) is 0.686. The number of nitrogens with one attached hydrogen (secondary N) is 2. The van der Waals surface area contributed by atoms with Gasteiger partial charge < -0.3 is 10.6 Å². The van der Waals surface area contributed by atoms with Gasteiger partial charge >= 0.3 is 0 Å². The van der Waals surface area contributed by atoms with Crippen LogP contribution in [0.15, 0.2) is 18.2 Å². The predicted octanol–water partition coefficient (Wildman–Crippen LogP) is 2.42. The lowest BCUT2D eigenvalue weighted by Gasteiger charge is -2.12. The Balaban J connectivity index is 3.04. The molecule has 1 amide bonds. The molecule has 3 heteroatoms. The van der Waals surface area contributed by atoms with E-state index in [1.807, 2.05) is 19.2 Å². The largest absolute Gasteiger partial charge is 0.386 e. The summed E-state index contributed by atoms with van der Waals surface area (Å²) in [6.45, 7) is 4.28. The second-order valence-corrected chi connectivity index (χ2v) is 3.47. The first-order valence-electron chi connectivity index (χ1n) is 4.71. The molecule has 0 aliphatic heterocycles. The van der Waals surface area contributed by atoms with Crippen molar-refractivity contribution in [2.24, 2.45) is 0 Å². The average molecular weight is 192 g/mol. The molecule has 0 saturated carbocycles. The van der Waals surface area contributed by atoms with Gasteiger partial charge in [0.05, 0.1) is 11.4 Å². The standard InChI is InChI=1S/C11H16N2O/c1-8(2)9-4-5-10(13-7-14)11(6-9)12-3/h4-8,12H,1-3H3,(H,13,14). The molecule has 1 aromatic rings. The minimum absolute atomic E-state index is 0.493. The molecule has 0 spiro atoms. The van der Waals surface area contributed by atoms with Crippen LogP contribution < -0.4 is 10.6 Å². The van der Waals surface area contributed by atoms with Gasteiger partial charge in [-0.2, -0.15) is 0 Å². The molecule has 1 aromatic carbocycles. The number of amides is 1. The van der Waals surface area contributed by atoms with Crippen molar-refractivity contribution in [1.29, 1.82) is 0 Å². The molecular weight excluding hydrogens is 176 g/mol. The fourth-order valence-corrected chi connectivity index (χ4v) is 1.32. The van der Waals surface area contributed by atoms with Crippen LogP contribution in [0.3, 0.4) is 0 Å². The predicted molar refractivity (Wildman–Crippen MR) is 59.8 cm³/mol. The van der Waals surface area contributed by atoms with Crippen LogP contribution in [0.1, 0.15) is 25.3 Å². The van der Waals surface area contributed by atoms with Gasteiger partial charge in [-0.1, -0.05) is 19.9 Å². The van der Waals surface area contributed by atoms with Crippen molar-refractivity contribution in [2.45, 2.75) is 19.8 Å². The van der Waals surface area contributed by atoms with Crippen molar-refractivity contribution in [1.82, 2.24) is 0 Å². The highest BCUT2D eigenvalue weighted by molar-refractivity contribution is 5.81. The van der Waals surface area contributed by atoms with Gasteiger partial charge in [0.15, 0.2) is 0 Å². The molecule has 2 N–H and O–H groups in total. The van der Waals surface area contributed by atoms with Gasteiger partial charge in [-0.15, -0.1) is 0 Å². The van der Waals surface area contributed by atoms with Gasteiger partial charge in [0.25, 0.3) is 0 Å². The van der Waals surface area contributed by atoms with Gasteiger partial charge in [0.1, 0.15) is 0 Å². The topological polar surface area (TPSA) is 41.1 Å². The van der Waals surface area contributed by atoms with Crippen LogP contribution in [0.2, 0.25) is 0 Å². The Morgan fingerprint density at radius 3 is 2.50 bits per heavy atom. The molecule has 76 valence electrons. The highest BCUT2D eigenvalue weighted by atomic mass is 16.1. The number of hydrogen-bond acceptors (Lipinski definition) is 2. The summed E-state index contributed by atoms with van der Waals surface area (Å²) in [5.74, 6) is 0.493. The highest BCUT2D eigenvalue weighted by Gasteiger charge is 2.04. The lowest BCUT2D eigenvalue weighted by atomic mass is 10.0. The molecule has 0 fully saturated rings. The summed E-state index contributed by atoms with van der Waals surface area (Å²) in [4.78, 5) is 10.3.